The Bertz CT molecular complexity index is 1160. The molecule has 0 atom stereocenters. The van der Waals surface area contributed by atoms with Crippen LogP contribution in [0.4, 0.5) is 0 Å². The zero-order valence-corrected chi connectivity index (χ0v) is 19.0. The number of amides is 1. The lowest BCUT2D eigenvalue weighted by Crippen LogP contribution is -2.39. The molecule has 166 valence electrons. The lowest BCUT2D eigenvalue weighted by atomic mass is 10.1. The molecule has 0 bridgehead atoms. The van der Waals surface area contributed by atoms with Gasteiger partial charge in [-0.05, 0) is 42.2 Å². The monoisotopic (exact) mass is 449 g/mol. The first-order valence-corrected chi connectivity index (χ1v) is 11.8. The van der Waals surface area contributed by atoms with E-state index in [1.165, 1.54) is 11.8 Å². The van der Waals surface area contributed by atoms with Gasteiger partial charge in [-0.15, -0.1) is 0 Å². The van der Waals surface area contributed by atoms with Crippen molar-refractivity contribution in [2.75, 3.05) is 6.54 Å². The summed E-state index contributed by atoms with van der Waals surface area (Å²) >= 11 is 0. The van der Waals surface area contributed by atoms with Crippen LogP contribution in [0.1, 0.15) is 29.2 Å². The number of aryl methyl sites for hydroxylation is 2. The standard InChI is InChI=1S/C25H27N3O3S/c1-3-21-11-13-22(14-12-21)17-26-27-25(29)19-28(18-23-7-5-4-6-8-23)32(30,31)24-15-9-20(2)10-16-24/h4-17H,3,18-19H2,1-2H3,(H,27,29)/b26-17-. The fourth-order valence-corrected chi connectivity index (χ4v) is 4.47. The molecule has 3 aromatic carbocycles. The van der Waals surface area contributed by atoms with Crippen LogP contribution in [0.5, 0.6) is 0 Å². The molecule has 3 aromatic rings. The van der Waals surface area contributed by atoms with E-state index in [4.69, 9.17) is 0 Å². The molecular formula is C25H27N3O3S. The highest BCUT2D eigenvalue weighted by Gasteiger charge is 2.26. The van der Waals surface area contributed by atoms with Crippen LogP contribution in [0, 0.1) is 6.92 Å². The Morgan fingerprint density at radius 2 is 1.59 bits per heavy atom. The van der Waals surface area contributed by atoms with Gasteiger partial charge in [0.2, 0.25) is 10.0 Å². The van der Waals surface area contributed by atoms with Crippen molar-refractivity contribution in [3.05, 3.63) is 101 Å². The third-order valence-corrected chi connectivity index (χ3v) is 6.78. The Kier molecular flexibility index (Phi) is 7.92. The number of hydrazone groups is 1. The number of sulfonamides is 1. The fourth-order valence-electron chi connectivity index (χ4n) is 3.09. The minimum absolute atomic E-state index is 0.0761. The molecule has 0 aliphatic carbocycles. The van der Waals surface area contributed by atoms with Gasteiger partial charge in [0.1, 0.15) is 0 Å². The summed E-state index contributed by atoms with van der Waals surface area (Å²) in [6, 6.07) is 23.6. The van der Waals surface area contributed by atoms with Gasteiger partial charge in [0.25, 0.3) is 5.91 Å². The summed E-state index contributed by atoms with van der Waals surface area (Å²) in [7, 11) is -3.88. The van der Waals surface area contributed by atoms with Gasteiger partial charge in [-0.25, -0.2) is 13.8 Å². The van der Waals surface area contributed by atoms with Gasteiger partial charge < -0.3 is 0 Å². The highest BCUT2D eigenvalue weighted by Crippen LogP contribution is 2.19. The Balaban J connectivity index is 1.74. The summed E-state index contributed by atoms with van der Waals surface area (Å²) < 4.78 is 27.7. The van der Waals surface area contributed by atoms with Crippen LogP contribution in [0.25, 0.3) is 0 Å². The Labute approximate surface area is 189 Å². The smallest absolute Gasteiger partial charge is 0.255 e. The van der Waals surface area contributed by atoms with E-state index in [1.54, 1.807) is 24.3 Å². The largest absolute Gasteiger partial charge is 0.272 e. The quantitative estimate of drug-likeness (QED) is 0.398. The third-order valence-electron chi connectivity index (χ3n) is 4.97. The molecule has 0 fully saturated rings. The maximum atomic E-state index is 13.2. The molecule has 6 nitrogen and oxygen atoms in total. The van der Waals surface area contributed by atoms with Crippen LogP contribution in [-0.4, -0.2) is 31.4 Å². The summed E-state index contributed by atoms with van der Waals surface area (Å²) in [5.41, 5.74) is 6.23. The molecule has 0 aliphatic heterocycles. The molecule has 0 unspecified atom stereocenters. The van der Waals surface area contributed by atoms with Gasteiger partial charge in [0.15, 0.2) is 0 Å². The van der Waals surface area contributed by atoms with Crippen molar-refractivity contribution in [3.8, 4) is 0 Å². The van der Waals surface area contributed by atoms with Crippen molar-refractivity contribution >= 4 is 22.1 Å². The molecule has 32 heavy (non-hydrogen) atoms. The van der Waals surface area contributed by atoms with E-state index in [1.807, 2.05) is 61.5 Å². The van der Waals surface area contributed by atoms with E-state index in [0.29, 0.717) is 0 Å². The number of hydrogen-bond acceptors (Lipinski definition) is 4. The average molecular weight is 450 g/mol. The van der Waals surface area contributed by atoms with Crippen molar-refractivity contribution in [3.63, 3.8) is 0 Å². The van der Waals surface area contributed by atoms with Crippen molar-refractivity contribution in [2.24, 2.45) is 5.10 Å². The van der Waals surface area contributed by atoms with Crippen molar-refractivity contribution in [2.45, 2.75) is 31.7 Å². The molecule has 1 amide bonds. The highest BCUT2D eigenvalue weighted by molar-refractivity contribution is 7.89. The molecule has 0 aliphatic rings. The number of rotatable bonds is 9. The van der Waals surface area contributed by atoms with Crippen molar-refractivity contribution < 1.29 is 13.2 Å². The Hall–Kier alpha value is -3.29. The van der Waals surface area contributed by atoms with Crippen molar-refractivity contribution in [1.82, 2.24) is 9.73 Å². The molecule has 7 heteroatoms. The molecule has 0 spiro atoms. The topological polar surface area (TPSA) is 78.8 Å². The molecule has 1 N–H and O–H groups in total. The van der Waals surface area contributed by atoms with Crippen LogP contribution in [-0.2, 0) is 27.8 Å². The minimum atomic E-state index is -3.88. The van der Waals surface area contributed by atoms with Crippen LogP contribution < -0.4 is 5.43 Å². The van der Waals surface area contributed by atoms with E-state index in [0.717, 1.165) is 27.4 Å². The van der Waals surface area contributed by atoms with Gasteiger partial charge in [0, 0.05) is 6.54 Å². The normalized spacial score (nSPS) is 11.7. The predicted octanol–water partition coefficient (Wildman–Crippen LogP) is 3.90. The molecule has 0 saturated heterocycles. The molecule has 0 heterocycles. The molecule has 0 saturated carbocycles. The van der Waals surface area contributed by atoms with Crippen LogP contribution in [0.2, 0.25) is 0 Å². The second-order valence-corrected chi connectivity index (χ2v) is 9.40. The second kappa shape index (κ2) is 10.8. The first-order valence-electron chi connectivity index (χ1n) is 10.4. The fraction of sp³-hybridized carbons (Fsp3) is 0.200. The summed E-state index contributed by atoms with van der Waals surface area (Å²) in [6.07, 6.45) is 2.48. The van der Waals surface area contributed by atoms with Gasteiger partial charge in [-0.3, -0.25) is 4.79 Å². The molecule has 3 rings (SSSR count). The zero-order valence-electron chi connectivity index (χ0n) is 18.2. The summed E-state index contributed by atoms with van der Waals surface area (Å²) in [5, 5.41) is 3.98. The van der Waals surface area contributed by atoms with Gasteiger partial charge in [-0.2, -0.15) is 9.41 Å². The van der Waals surface area contributed by atoms with E-state index in [9.17, 15) is 13.2 Å². The van der Waals surface area contributed by atoms with Crippen LogP contribution >= 0.6 is 0 Å². The minimum Gasteiger partial charge on any atom is -0.272 e. The molecule has 0 radical (unpaired) electrons. The average Bonchev–Trinajstić information content (AvgIpc) is 2.80. The SMILES string of the molecule is CCc1ccc(/C=N\NC(=O)CN(Cc2ccccc2)S(=O)(=O)c2ccc(C)cc2)cc1. The summed E-state index contributed by atoms with van der Waals surface area (Å²) in [4.78, 5) is 12.7. The maximum Gasteiger partial charge on any atom is 0.255 e. The maximum absolute atomic E-state index is 13.2. The van der Waals surface area contributed by atoms with Gasteiger partial charge >= 0.3 is 0 Å². The number of carbonyl (C=O) groups excluding carboxylic acids is 1. The van der Waals surface area contributed by atoms with E-state index in [-0.39, 0.29) is 18.0 Å². The Morgan fingerprint density at radius 3 is 2.22 bits per heavy atom. The zero-order chi connectivity index (χ0) is 23.0. The van der Waals surface area contributed by atoms with E-state index >= 15 is 0 Å². The molecular weight excluding hydrogens is 422 g/mol. The van der Waals surface area contributed by atoms with Crippen LogP contribution in [0.15, 0.2) is 88.9 Å². The lowest BCUT2D eigenvalue weighted by Gasteiger charge is -2.21. The number of benzene rings is 3. The number of nitrogens with one attached hydrogen (secondary N) is 1. The number of carbonyl (C=O) groups is 1. The first kappa shape index (κ1) is 23.4. The third kappa shape index (κ3) is 6.35. The first-order chi connectivity index (χ1) is 15.4. The van der Waals surface area contributed by atoms with Crippen LogP contribution in [0.3, 0.4) is 0 Å². The van der Waals surface area contributed by atoms with Crippen molar-refractivity contribution in [1.29, 1.82) is 0 Å². The highest BCUT2D eigenvalue weighted by atomic mass is 32.2. The lowest BCUT2D eigenvalue weighted by molar-refractivity contribution is -0.121. The second-order valence-electron chi connectivity index (χ2n) is 7.46. The number of hydrogen-bond donors (Lipinski definition) is 1. The number of nitrogens with zero attached hydrogens (tertiary/aromatic N) is 2. The summed E-state index contributed by atoms with van der Waals surface area (Å²) in [5.74, 6) is -0.516. The van der Waals surface area contributed by atoms with Gasteiger partial charge in [-0.1, -0.05) is 79.2 Å². The molecule has 0 aromatic heterocycles. The van der Waals surface area contributed by atoms with Gasteiger partial charge in [0.05, 0.1) is 17.7 Å². The van der Waals surface area contributed by atoms with E-state index in [2.05, 4.69) is 17.5 Å². The Morgan fingerprint density at radius 1 is 0.938 bits per heavy atom. The predicted molar refractivity (Wildman–Crippen MR) is 127 cm³/mol. The summed E-state index contributed by atoms with van der Waals surface area (Å²) in [6.45, 7) is 3.69. The van der Waals surface area contributed by atoms with E-state index < -0.39 is 15.9 Å².